The van der Waals surface area contributed by atoms with Gasteiger partial charge >= 0.3 is 11.9 Å². The van der Waals surface area contributed by atoms with Gasteiger partial charge in [-0.2, -0.15) is 0 Å². The fourth-order valence-electron chi connectivity index (χ4n) is 1.11. The second-order valence-electron chi connectivity index (χ2n) is 4.31. The molecule has 0 aliphatic rings. The highest BCUT2D eigenvalue weighted by atomic mass is 16.5. The fourth-order valence-corrected chi connectivity index (χ4v) is 1.11. The molecular weight excluding hydrogens is 220 g/mol. The van der Waals surface area contributed by atoms with E-state index in [0.717, 1.165) is 0 Å². The van der Waals surface area contributed by atoms with Crippen molar-refractivity contribution in [3.05, 3.63) is 23.5 Å². The first kappa shape index (κ1) is 15.4. The van der Waals surface area contributed by atoms with Crippen molar-refractivity contribution < 1.29 is 19.1 Å². The molecule has 0 aromatic carbocycles. The number of ether oxygens (including phenoxy) is 2. The van der Waals surface area contributed by atoms with Gasteiger partial charge in [0.1, 0.15) is 5.76 Å². The van der Waals surface area contributed by atoms with Crippen LogP contribution in [0.1, 0.15) is 34.1 Å². The molecule has 0 N–H and O–H groups in total. The third-order valence-corrected chi connectivity index (χ3v) is 2.07. The molecule has 0 heterocycles. The number of rotatable bonds is 5. The van der Waals surface area contributed by atoms with E-state index in [-0.39, 0.29) is 5.92 Å². The molecule has 0 radical (unpaired) electrons. The summed E-state index contributed by atoms with van der Waals surface area (Å²) in [6.07, 6.45) is 0.500. The quantitative estimate of drug-likeness (QED) is 0.421. The van der Waals surface area contributed by atoms with Gasteiger partial charge in [-0.1, -0.05) is 20.4 Å². The summed E-state index contributed by atoms with van der Waals surface area (Å²) in [7, 11) is 1.29. The number of methoxy groups -OCH3 is 1. The van der Waals surface area contributed by atoms with Crippen LogP contribution in [0.25, 0.3) is 0 Å². The second kappa shape index (κ2) is 6.89. The Kier molecular flexibility index (Phi) is 6.25. The van der Waals surface area contributed by atoms with Crippen LogP contribution in [0.3, 0.4) is 0 Å². The van der Waals surface area contributed by atoms with E-state index < -0.39 is 11.9 Å². The summed E-state index contributed by atoms with van der Waals surface area (Å²) in [5, 5.41) is 0. The minimum Gasteiger partial charge on any atom is -0.466 e. The van der Waals surface area contributed by atoms with Gasteiger partial charge in [0.2, 0.25) is 0 Å². The third-order valence-electron chi connectivity index (χ3n) is 2.07. The van der Waals surface area contributed by atoms with Gasteiger partial charge in [0.25, 0.3) is 0 Å². The molecule has 0 saturated heterocycles. The number of carbonyl (C=O) groups is 2. The van der Waals surface area contributed by atoms with Gasteiger partial charge in [-0.3, -0.25) is 0 Å². The van der Waals surface area contributed by atoms with Crippen LogP contribution in [0.2, 0.25) is 0 Å². The molecule has 0 fully saturated rings. The molecule has 0 bridgehead atoms. The van der Waals surface area contributed by atoms with Gasteiger partial charge in [0.15, 0.2) is 0 Å². The van der Waals surface area contributed by atoms with Crippen molar-refractivity contribution in [3.63, 3.8) is 0 Å². The highest BCUT2D eigenvalue weighted by Gasteiger charge is 2.17. The Hall–Kier alpha value is -1.58. The summed E-state index contributed by atoms with van der Waals surface area (Å²) in [4.78, 5) is 22.8. The summed E-state index contributed by atoms with van der Waals surface area (Å²) < 4.78 is 9.75. The van der Waals surface area contributed by atoms with Crippen LogP contribution in [-0.4, -0.2) is 19.0 Å². The minimum atomic E-state index is -0.524. The van der Waals surface area contributed by atoms with E-state index in [2.05, 4.69) is 11.3 Å². The molecular formula is C13H20O4. The first-order valence-electron chi connectivity index (χ1n) is 5.45. The van der Waals surface area contributed by atoms with Crippen molar-refractivity contribution in [2.24, 2.45) is 5.92 Å². The molecule has 0 saturated carbocycles. The molecule has 17 heavy (non-hydrogen) atoms. The predicted molar refractivity (Wildman–Crippen MR) is 65.1 cm³/mol. The highest BCUT2D eigenvalue weighted by Crippen LogP contribution is 2.18. The summed E-state index contributed by atoms with van der Waals surface area (Å²) in [5.74, 6) is -0.401. The lowest BCUT2D eigenvalue weighted by atomic mass is 10.1. The van der Waals surface area contributed by atoms with E-state index in [0.29, 0.717) is 23.3 Å². The van der Waals surface area contributed by atoms with Gasteiger partial charge in [0.05, 0.1) is 12.7 Å². The third kappa shape index (κ3) is 5.33. The van der Waals surface area contributed by atoms with E-state index in [1.54, 1.807) is 13.8 Å². The zero-order chi connectivity index (χ0) is 13.6. The van der Waals surface area contributed by atoms with Crippen LogP contribution in [-0.2, 0) is 19.1 Å². The first-order valence-corrected chi connectivity index (χ1v) is 5.45. The number of esters is 2. The SMILES string of the molecule is C=C(C)C(=O)OC(CC(C)C)=C(C)C(=O)OC. The maximum Gasteiger partial charge on any atom is 0.338 e. The van der Waals surface area contributed by atoms with Crippen LogP contribution in [0.5, 0.6) is 0 Å². The fraction of sp³-hybridized carbons (Fsp3) is 0.538. The molecule has 4 nitrogen and oxygen atoms in total. The Bertz CT molecular complexity index is 350. The molecule has 0 aliphatic heterocycles. The average molecular weight is 240 g/mol. The van der Waals surface area contributed by atoms with Gasteiger partial charge in [-0.25, -0.2) is 9.59 Å². The Balaban J connectivity index is 5.06. The lowest BCUT2D eigenvalue weighted by molar-refractivity contribution is -0.137. The first-order chi connectivity index (χ1) is 7.79. The normalized spacial score (nSPS) is 11.9. The average Bonchev–Trinajstić information content (AvgIpc) is 2.25. The van der Waals surface area contributed by atoms with Gasteiger partial charge in [-0.15, -0.1) is 0 Å². The molecule has 0 rings (SSSR count). The summed E-state index contributed by atoms with van der Waals surface area (Å²) in [5.41, 5.74) is 0.611. The standard InChI is InChI=1S/C13H20O4/c1-8(2)7-11(10(5)13(15)16-6)17-12(14)9(3)4/h8H,3,7H2,1-2,4-6H3. The van der Waals surface area contributed by atoms with E-state index in [9.17, 15) is 9.59 Å². The maximum absolute atomic E-state index is 11.4. The number of hydrogen-bond acceptors (Lipinski definition) is 4. The molecule has 0 aliphatic carbocycles. The van der Waals surface area contributed by atoms with Gasteiger partial charge in [0, 0.05) is 12.0 Å². The van der Waals surface area contributed by atoms with Gasteiger partial charge < -0.3 is 9.47 Å². The lowest BCUT2D eigenvalue weighted by Gasteiger charge is -2.13. The van der Waals surface area contributed by atoms with Crippen molar-refractivity contribution in [1.82, 2.24) is 0 Å². The highest BCUT2D eigenvalue weighted by molar-refractivity contribution is 5.91. The van der Waals surface area contributed by atoms with Crippen molar-refractivity contribution >= 4 is 11.9 Å². The molecule has 96 valence electrons. The Labute approximate surface area is 102 Å². The summed E-state index contributed by atoms with van der Waals surface area (Å²) in [6.45, 7) is 10.6. The molecule has 0 aromatic heterocycles. The lowest BCUT2D eigenvalue weighted by Crippen LogP contribution is -2.13. The summed E-state index contributed by atoms with van der Waals surface area (Å²) >= 11 is 0. The second-order valence-corrected chi connectivity index (χ2v) is 4.31. The number of carbonyl (C=O) groups excluding carboxylic acids is 2. The number of allylic oxidation sites excluding steroid dienone is 1. The van der Waals surface area contributed by atoms with Crippen LogP contribution in [0, 0.1) is 5.92 Å². The maximum atomic E-state index is 11.4. The van der Waals surface area contributed by atoms with Gasteiger partial charge in [-0.05, 0) is 19.8 Å². The molecule has 0 spiro atoms. The predicted octanol–water partition coefficient (Wildman–Crippen LogP) is 2.60. The van der Waals surface area contributed by atoms with Crippen molar-refractivity contribution in [2.45, 2.75) is 34.1 Å². The molecule has 0 amide bonds. The van der Waals surface area contributed by atoms with E-state index in [1.807, 2.05) is 13.8 Å². The number of hydrogen-bond donors (Lipinski definition) is 0. The zero-order valence-electron chi connectivity index (χ0n) is 11.1. The van der Waals surface area contributed by atoms with Crippen molar-refractivity contribution in [3.8, 4) is 0 Å². The van der Waals surface area contributed by atoms with Crippen LogP contribution >= 0.6 is 0 Å². The molecule has 0 unspecified atom stereocenters. The van der Waals surface area contributed by atoms with Crippen molar-refractivity contribution in [1.29, 1.82) is 0 Å². The van der Waals surface area contributed by atoms with Crippen LogP contribution in [0.15, 0.2) is 23.5 Å². The largest absolute Gasteiger partial charge is 0.466 e. The smallest absolute Gasteiger partial charge is 0.338 e. The molecule has 0 aromatic rings. The molecule has 4 heteroatoms. The topological polar surface area (TPSA) is 52.6 Å². The van der Waals surface area contributed by atoms with Crippen LogP contribution in [0.4, 0.5) is 0 Å². The Morgan fingerprint density at radius 2 is 1.71 bits per heavy atom. The summed E-state index contributed by atoms with van der Waals surface area (Å²) in [6, 6.07) is 0. The zero-order valence-corrected chi connectivity index (χ0v) is 11.1. The van der Waals surface area contributed by atoms with E-state index in [4.69, 9.17) is 4.74 Å². The van der Waals surface area contributed by atoms with Crippen molar-refractivity contribution in [2.75, 3.05) is 7.11 Å². The van der Waals surface area contributed by atoms with E-state index in [1.165, 1.54) is 7.11 Å². The minimum absolute atomic E-state index is 0.266. The molecule has 0 atom stereocenters. The van der Waals surface area contributed by atoms with Crippen LogP contribution < -0.4 is 0 Å². The monoisotopic (exact) mass is 240 g/mol. The van der Waals surface area contributed by atoms with E-state index >= 15 is 0 Å². The Morgan fingerprint density at radius 1 is 1.18 bits per heavy atom. The Morgan fingerprint density at radius 3 is 2.06 bits per heavy atom.